The average Bonchev–Trinajstić information content (AvgIpc) is 3.11. The Morgan fingerprint density at radius 3 is 2.32 bits per heavy atom. The van der Waals surface area contributed by atoms with Crippen LogP contribution in [-0.2, 0) is 10.2 Å². The molecule has 0 unspecified atom stereocenters. The Bertz CT molecular complexity index is 1290. The standard InChI is InChI=1S/C44H61NO2/c45-31-29-38-28-27-36(19-8-2-7-18-35-16-5-1-6-17-35)32-39(37-20-9-3-10-21-37)22-15-26-42-25-13-14-30-44(42,34-40(38)33-43(46)47)41-23-11-4-12-24-41/h2-4,8-12,20-21,23-24,35-36,38-40,42H,1,5-7,13-14,16-19,22,25,27-34,45H2,(H,46,47)/b8-2-/t36-,38-,39+,40-,42-,44+/m1/s1. The minimum absolute atomic E-state index is 0.0935. The summed E-state index contributed by atoms with van der Waals surface area (Å²) < 4.78 is 0. The Kier molecular flexibility index (Phi) is 14.1. The van der Waals surface area contributed by atoms with E-state index in [0.717, 1.165) is 63.7 Å². The molecule has 0 aromatic heterocycles. The van der Waals surface area contributed by atoms with Gasteiger partial charge in [0.2, 0.25) is 0 Å². The van der Waals surface area contributed by atoms with Crippen LogP contribution in [0.2, 0.25) is 0 Å². The molecule has 3 aliphatic rings. The van der Waals surface area contributed by atoms with Crippen molar-refractivity contribution in [1.82, 2.24) is 0 Å². The van der Waals surface area contributed by atoms with Gasteiger partial charge in [-0.3, -0.25) is 4.79 Å². The molecule has 6 atom stereocenters. The number of hydrogen-bond acceptors (Lipinski definition) is 2. The van der Waals surface area contributed by atoms with Crippen molar-refractivity contribution >= 4 is 5.97 Å². The monoisotopic (exact) mass is 635 g/mol. The van der Waals surface area contributed by atoms with Crippen LogP contribution in [0.15, 0.2) is 72.8 Å². The van der Waals surface area contributed by atoms with Crippen molar-refractivity contribution in [1.29, 1.82) is 0 Å². The van der Waals surface area contributed by atoms with Crippen LogP contribution in [0, 0.1) is 41.4 Å². The van der Waals surface area contributed by atoms with Crippen LogP contribution < -0.4 is 5.73 Å². The topological polar surface area (TPSA) is 63.3 Å². The summed E-state index contributed by atoms with van der Waals surface area (Å²) in [6.45, 7) is 0.612. The van der Waals surface area contributed by atoms with Crippen molar-refractivity contribution in [3.8, 4) is 11.8 Å². The first-order chi connectivity index (χ1) is 23.1. The van der Waals surface area contributed by atoms with E-state index >= 15 is 0 Å². The highest BCUT2D eigenvalue weighted by molar-refractivity contribution is 5.67. The van der Waals surface area contributed by atoms with Gasteiger partial charge in [0.25, 0.3) is 0 Å². The fraction of sp³-hybridized carbons (Fsp3) is 0.614. The van der Waals surface area contributed by atoms with Gasteiger partial charge in [0.1, 0.15) is 0 Å². The molecule has 0 heterocycles. The third-order valence-electron chi connectivity index (χ3n) is 12.2. The van der Waals surface area contributed by atoms with Crippen molar-refractivity contribution in [2.45, 2.75) is 133 Å². The van der Waals surface area contributed by atoms with Gasteiger partial charge < -0.3 is 10.8 Å². The zero-order valence-corrected chi connectivity index (χ0v) is 29.0. The molecule has 0 aliphatic heterocycles. The molecule has 0 amide bonds. The average molecular weight is 636 g/mol. The van der Waals surface area contributed by atoms with Gasteiger partial charge in [-0.25, -0.2) is 0 Å². The summed E-state index contributed by atoms with van der Waals surface area (Å²) in [5, 5.41) is 10.2. The molecular formula is C44H61NO2. The van der Waals surface area contributed by atoms with E-state index in [1.54, 1.807) is 0 Å². The van der Waals surface area contributed by atoms with Crippen molar-refractivity contribution in [3.05, 3.63) is 83.9 Å². The lowest BCUT2D eigenvalue weighted by atomic mass is 9.57. The first kappa shape index (κ1) is 35.5. The third-order valence-corrected chi connectivity index (χ3v) is 12.2. The summed E-state index contributed by atoms with van der Waals surface area (Å²) in [7, 11) is 0. The Labute approximate surface area is 286 Å². The minimum atomic E-state index is -0.676. The third kappa shape index (κ3) is 10.3. The van der Waals surface area contributed by atoms with Crippen LogP contribution in [0.1, 0.15) is 139 Å². The van der Waals surface area contributed by atoms with E-state index in [2.05, 4.69) is 84.7 Å². The van der Waals surface area contributed by atoms with Gasteiger partial charge in [0.05, 0.1) is 0 Å². The number of benzene rings is 2. The van der Waals surface area contributed by atoms with Gasteiger partial charge in [-0.1, -0.05) is 124 Å². The van der Waals surface area contributed by atoms with Crippen LogP contribution in [-0.4, -0.2) is 17.6 Å². The molecule has 0 radical (unpaired) electrons. The predicted molar refractivity (Wildman–Crippen MR) is 196 cm³/mol. The first-order valence-corrected chi connectivity index (χ1v) is 19.2. The SMILES string of the molecule is NCC[C@H]1CC[C@@H](C/C=C\CCC2CCCCC2)C[C@@H](c2ccccc2)CC#C[C@H]2CCCC[C@@]2(c2ccccc2)C[C@H]1CC(=O)O. The smallest absolute Gasteiger partial charge is 0.303 e. The van der Waals surface area contributed by atoms with Crippen LogP contribution in [0.4, 0.5) is 0 Å². The maximum absolute atomic E-state index is 12.5. The quantitative estimate of drug-likeness (QED) is 0.191. The van der Waals surface area contributed by atoms with Gasteiger partial charge in [-0.05, 0) is 111 Å². The predicted octanol–water partition coefficient (Wildman–Crippen LogP) is 10.8. The molecule has 3 nitrogen and oxygen atoms in total. The zero-order chi connectivity index (χ0) is 32.7. The van der Waals surface area contributed by atoms with E-state index < -0.39 is 5.97 Å². The lowest BCUT2D eigenvalue weighted by Gasteiger charge is -2.46. The highest BCUT2D eigenvalue weighted by Crippen LogP contribution is 2.50. The van der Waals surface area contributed by atoms with E-state index in [4.69, 9.17) is 5.73 Å². The maximum Gasteiger partial charge on any atom is 0.303 e. The maximum atomic E-state index is 12.5. The fourth-order valence-electron chi connectivity index (χ4n) is 9.62. The second kappa shape index (κ2) is 18.6. The van der Waals surface area contributed by atoms with Gasteiger partial charge in [-0.2, -0.15) is 0 Å². The molecule has 3 aliphatic carbocycles. The molecular weight excluding hydrogens is 574 g/mol. The minimum Gasteiger partial charge on any atom is -0.481 e. The molecule has 3 N–H and O–H groups in total. The number of carboxylic acid groups (broad SMARTS) is 1. The molecule has 0 saturated heterocycles. The summed E-state index contributed by atoms with van der Waals surface area (Å²) in [6.07, 6.45) is 26.4. The Morgan fingerprint density at radius 2 is 1.57 bits per heavy atom. The highest BCUT2D eigenvalue weighted by atomic mass is 16.4. The molecule has 5 rings (SSSR count). The Morgan fingerprint density at radius 1 is 0.830 bits per heavy atom. The molecule has 2 saturated carbocycles. The molecule has 254 valence electrons. The molecule has 2 aromatic rings. The summed E-state index contributed by atoms with van der Waals surface area (Å²) in [5.74, 6) is 9.52. The van der Waals surface area contributed by atoms with E-state index in [-0.39, 0.29) is 23.7 Å². The van der Waals surface area contributed by atoms with Crippen molar-refractivity contribution in [2.24, 2.45) is 35.3 Å². The lowest BCUT2D eigenvalue weighted by molar-refractivity contribution is -0.139. The van der Waals surface area contributed by atoms with Crippen molar-refractivity contribution in [3.63, 3.8) is 0 Å². The van der Waals surface area contributed by atoms with E-state index in [0.29, 0.717) is 24.3 Å². The van der Waals surface area contributed by atoms with E-state index in [1.807, 2.05) is 0 Å². The fourth-order valence-corrected chi connectivity index (χ4v) is 9.62. The zero-order valence-electron chi connectivity index (χ0n) is 29.0. The summed E-state index contributed by atoms with van der Waals surface area (Å²) in [4.78, 5) is 12.5. The molecule has 2 fully saturated rings. The summed E-state index contributed by atoms with van der Waals surface area (Å²) in [5.41, 5.74) is 8.94. The van der Waals surface area contributed by atoms with E-state index in [9.17, 15) is 9.90 Å². The largest absolute Gasteiger partial charge is 0.481 e. The van der Waals surface area contributed by atoms with Gasteiger partial charge in [0, 0.05) is 24.2 Å². The van der Waals surface area contributed by atoms with Gasteiger partial charge >= 0.3 is 5.97 Å². The normalized spacial score (nSPS) is 29.4. The number of rotatable bonds is 11. The van der Waals surface area contributed by atoms with E-state index in [1.165, 1.54) is 68.9 Å². The number of fused-ring (bicyclic) bond motifs is 1. The van der Waals surface area contributed by atoms with Crippen molar-refractivity contribution < 1.29 is 9.90 Å². The van der Waals surface area contributed by atoms with Gasteiger partial charge in [-0.15, -0.1) is 5.92 Å². The number of hydrogen-bond donors (Lipinski definition) is 2. The highest BCUT2D eigenvalue weighted by Gasteiger charge is 2.44. The molecule has 3 heteroatoms. The second-order valence-corrected chi connectivity index (χ2v) is 15.3. The summed E-state index contributed by atoms with van der Waals surface area (Å²) in [6, 6.07) is 22.1. The molecule has 2 aromatic carbocycles. The Hall–Kier alpha value is -2.83. The lowest BCUT2D eigenvalue weighted by Crippen LogP contribution is -2.41. The number of allylic oxidation sites excluding steroid dienone is 2. The Balaban J connectivity index is 1.45. The first-order valence-electron chi connectivity index (χ1n) is 19.2. The molecule has 0 spiro atoms. The molecule has 0 bridgehead atoms. The second-order valence-electron chi connectivity index (χ2n) is 15.3. The van der Waals surface area contributed by atoms with Crippen LogP contribution in [0.3, 0.4) is 0 Å². The number of carbonyl (C=O) groups is 1. The van der Waals surface area contributed by atoms with Crippen LogP contribution in [0.5, 0.6) is 0 Å². The number of carboxylic acids is 1. The number of nitrogens with two attached hydrogens (primary N) is 1. The summed E-state index contributed by atoms with van der Waals surface area (Å²) >= 11 is 0. The van der Waals surface area contributed by atoms with Gasteiger partial charge in [0.15, 0.2) is 0 Å². The molecule has 47 heavy (non-hydrogen) atoms. The van der Waals surface area contributed by atoms with Crippen LogP contribution in [0.25, 0.3) is 0 Å². The van der Waals surface area contributed by atoms with Crippen molar-refractivity contribution in [2.75, 3.05) is 6.54 Å². The number of aliphatic carboxylic acids is 1. The van der Waals surface area contributed by atoms with Crippen LogP contribution >= 0.6 is 0 Å².